The molecule has 0 unspecified atom stereocenters. The molecule has 32 heavy (non-hydrogen) atoms. The van der Waals surface area contributed by atoms with E-state index in [2.05, 4.69) is 54.9 Å². The van der Waals surface area contributed by atoms with Gasteiger partial charge in [0.05, 0.1) is 11.1 Å². The highest BCUT2D eigenvalue weighted by Gasteiger charge is 2.26. The fourth-order valence-corrected chi connectivity index (χ4v) is 5.34. The minimum Gasteiger partial charge on any atom is -0.365 e. The second kappa shape index (κ2) is 8.25. The molecular weight excluding hydrogens is 416 g/mol. The minimum absolute atomic E-state index is 0.700. The van der Waals surface area contributed by atoms with Gasteiger partial charge in [-0.1, -0.05) is 41.4 Å². The van der Waals surface area contributed by atoms with Crippen LogP contribution in [0.5, 0.6) is 0 Å². The molecule has 1 N–H and O–H groups in total. The molecule has 0 aliphatic heterocycles. The molecule has 2 aromatic carbocycles. The van der Waals surface area contributed by atoms with Crippen LogP contribution in [0.2, 0.25) is 5.02 Å². The van der Waals surface area contributed by atoms with Crippen molar-refractivity contribution in [3.05, 3.63) is 80.8 Å². The number of benzene rings is 2. The Bertz CT molecular complexity index is 1300. The summed E-state index contributed by atoms with van der Waals surface area (Å²) in [5.74, 6) is 1.72. The monoisotopic (exact) mass is 444 g/mol. The molecule has 0 bridgehead atoms. The fourth-order valence-electron chi connectivity index (χ4n) is 5.21. The Morgan fingerprint density at radius 2 is 1.62 bits per heavy atom. The third-order valence-corrected chi connectivity index (χ3v) is 6.71. The van der Waals surface area contributed by atoms with Gasteiger partial charge in [-0.25, -0.2) is 9.97 Å². The van der Waals surface area contributed by atoms with E-state index in [0.717, 1.165) is 35.2 Å². The van der Waals surface area contributed by atoms with E-state index >= 15 is 0 Å². The molecular formula is C27H29ClN4. The second-order valence-corrected chi connectivity index (χ2v) is 9.45. The summed E-state index contributed by atoms with van der Waals surface area (Å²) in [5, 5.41) is 5.54. The number of hydrogen-bond donors (Lipinski definition) is 1. The first-order valence-corrected chi connectivity index (χ1v) is 11.8. The van der Waals surface area contributed by atoms with E-state index in [0.29, 0.717) is 6.54 Å². The molecule has 0 fully saturated rings. The molecule has 1 aliphatic carbocycles. The zero-order valence-electron chi connectivity index (χ0n) is 19.2. The normalized spacial score (nSPS) is 13.4. The fraction of sp³-hybridized carbons (Fsp3) is 0.333. The summed E-state index contributed by atoms with van der Waals surface area (Å²) in [7, 11) is 0. The Morgan fingerprint density at radius 1 is 0.938 bits per heavy atom. The first kappa shape index (κ1) is 21.0. The van der Waals surface area contributed by atoms with Crippen LogP contribution in [-0.2, 0) is 19.4 Å². The predicted octanol–water partition coefficient (Wildman–Crippen LogP) is 6.80. The lowest BCUT2D eigenvalue weighted by atomic mass is 9.95. The van der Waals surface area contributed by atoms with Gasteiger partial charge in [0.1, 0.15) is 11.6 Å². The van der Waals surface area contributed by atoms with Crippen LogP contribution in [0, 0.1) is 27.7 Å². The Morgan fingerprint density at radius 3 is 2.34 bits per heavy atom. The Hall–Kier alpha value is -2.85. The average Bonchev–Trinajstić information content (AvgIpc) is 3.07. The lowest BCUT2D eigenvalue weighted by Gasteiger charge is -2.19. The first-order chi connectivity index (χ1) is 15.4. The minimum atomic E-state index is 0.700. The molecule has 2 heterocycles. The van der Waals surface area contributed by atoms with Crippen molar-refractivity contribution in [2.75, 3.05) is 5.32 Å². The van der Waals surface area contributed by atoms with E-state index in [1.807, 2.05) is 19.1 Å². The van der Waals surface area contributed by atoms with E-state index in [-0.39, 0.29) is 0 Å². The molecule has 0 atom stereocenters. The SMILES string of the molecule is Cc1cc(C)c(-n2c3c(c4c(NCc5ccc(Cl)cc5)nc(C)nc42)CCCC3)c(C)c1. The number of rotatable bonds is 4. The first-order valence-electron chi connectivity index (χ1n) is 11.4. The molecule has 0 saturated carbocycles. The van der Waals surface area contributed by atoms with Gasteiger partial charge >= 0.3 is 0 Å². The smallest absolute Gasteiger partial charge is 0.150 e. The highest BCUT2D eigenvalue weighted by Crippen LogP contribution is 2.38. The molecule has 5 heteroatoms. The second-order valence-electron chi connectivity index (χ2n) is 9.01. The van der Waals surface area contributed by atoms with Crippen molar-refractivity contribution in [3.8, 4) is 5.69 Å². The Kier molecular flexibility index (Phi) is 5.42. The van der Waals surface area contributed by atoms with Gasteiger partial charge in [0.25, 0.3) is 0 Å². The third-order valence-electron chi connectivity index (χ3n) is 6.46. The molecule has 2 aromatic heterocycles. The van der Waals surface area contributed by atoms with Crippen molar-refractivity contribution < 1.29 is 0 Å². The van der Waals surface area contributed by atoms with E-state index in [4.69, 9.17) is 21.6 Å². The number of hydrogen-bond acceptors (Lipinski definition) is 3. The van der Waals surface area contributed by atoms with E-state index in [9.17, 15) is 0 Å². The number of nitrogens with zero attached hydrogens (tertiary/aromatic N) is 3. The summed E-state index contributed by atoms with van der Waals surface area (Å²) in [6, 6.07) is 12.5. The van der Waals surface area contributed by atoms with Crippen LogP contribution in [-0.4, -0.2) is 14.5 Å². The topological polar surface area (TPSA) is 42.7 Å². The molecule has 0 radical (unpaired) electrons. The molecule has 4 nitrogen and oxygen atoms in total. The van der Waals surface area contributed by atoms with Gasteiger partial charge in [-0.15, -0.1) is 0 Å². The number of aromatic nitrogens is 3. The summed E-state index contributed by atoms with van der Waals surface area (Å²) in [6.07, 6.45) is 4.58. The highest BCUT2D eigenvalue weighted by atomic mass is 35.5. The average molecular weight is 445 g/mol. The molecule has 0 amide bonds. The van der Waals surface area contributed by atoms with Crippen LogP contribution in [0.25, 0.3) is 16.7 Å². The lowest BCUT2D eigenvalue weighted by Crippen LogP contribution is -2.10. The molecule has 5 rings (SSSR count). The quantitative estimate of drug-likeness (QED) is 0.376. The van der Waals surface area contributed by atoms with Crippen LogP contribution >= 0.6 is 11.6 Å². The van der Waals surface area contributed by atoms with Gasteiger partial charge in [0.15, 0.2) is 5.65 Å². The lowest BCUT2D eigenvalue weighted by molar-refractivity contribution is 0.665. The van der Waals surface area contributed by atoms with Crippen molar-refractivity contribution in [2.45, 2.75) is 59.9 Å². The maximum Gasteiger partial charge on any atom is 0.150 e. The van der Waals surface area contributed by atoms with Crippen molar-refractivity contribution in [1.82, 2.24) is 14.5 Å². The number of halogens is 1. The van der Waals surface area contributed by atoms with Crippen molar-refractivity contribution in [2.24, 2.45) is 0 Å². The van der Waals surface area contributed by atoms with E-state index < -0.39 is 0 Å². The Balaban J connectivity index is 1.70. The largest absolute Gasteiger partial charge is 0.365 e. The standard InChI is InChI=1S/C27H29ClN4/c1-16-13-17(2)25(18(3)14-16)32-23-8-6-5-7-22(23)24-26(30-19(4)31-27(24)32)29-15-20-9-11-21(28)12-10-20/h9-14H,5-8,15H2,1-4H3,(H,29,30,31). The molecule has 164 valence electrons. The third kappa shape index (κ3) is 3.67. The number of fused-ring (bicyclic) bond motifs is 3. The zero-order valence-corrected chi connectivity index (χ0v) is 20.0. The van der Waals surface area contributed by atoms with Crippen molar-refractivity contribution in [1.29, 1.82) is 0 Å². The number of nitrogens with one attached hydrogen (secondary N) is 1. The van der Waals surface area contributed by atoms with E-state index in [1.165, 1.54) is 57.4 Å². The maximum atomic E-state index is 6.06. The summed E-state index contributed by atoms with van der Waals surface area (Å²) in [4.78, 5) is 9.83. The van der Waals surface area contributed by atoms with Gasteiger partial charge in [0, 0.05) is 17.3 Å². The summed E-state index contributed by atoms with van der Waals surface area (Å²) < 4.78 is 2.43. The maximum absolute atomic E-state index is 6.06. The van der Waals surface area contributed by atoms with E-state index in [1.54, 1.807) is 0 Å². The van der Waals surface area contributed by atoms with Crippen LogP contribution in [0.1, 0.15) is 52.2 Å². The van der Waals surface area contributed by atoms with Gasteiger partial charge in [-0.3, -0.25) is 4.57 Å². The molecule has 4 aromatic rings. The van der Waals surface area contributed by atoms with Gasteiger partial charge < -0.3 is 5.32 Å². The van der Waals surface area contributed by atoms with Crippen LogP contribution < -0.4 is 5.32 Å². The van der Waals surface area contributed by atoms with Gasteiger partial charge in [-0.2, -0.15) is 0 Å². The van der Waals surface area contributed by atoms with Gasteiger partial charge in [-0.05, 0) is 87.8 Å². The zero-order chi connectivity index (χ0) is 22.4. The van der Waals surface area contributed by atoms with Crippen LogP contribution in [0.15, 0.2) is 36.4 Å². The predicted molar refractivity (Wildman–Crippen MR) is 133 cm³/mol. The summed E-state index contributed by atoms with van der Waals surface area (Å²) >= 11 is 6.06. The number of aryl methyl sites for hydroxylation is 5. The summed E-state index contributed by atoms with van der Waals surface area (Å²) in [6.45, 7) is 9.27. The van der Waals surface area contributed by atoms with Crippen molar-refractivity contribution >= 4 is 28.5 Å². The number of anilines is 1. The van der Waals surface area contributed by atoms with Crippen molar-refractivity contribution in [3.63, 3.8) is 0 Å². The van der Waals surface area contributed by atoms with Crippen LogP contribution in [0.3, 0.4) is 0 Å². The van der Waals surface area contributed by atoms with Gasteiger partial charge in [0.2, 0.25) is 0 Å². The molecule has 0 spiro atoms. The van der Waals surface area contributed by atoms with Crippen LogP contribution in [0.4, 0.5) is 5.82 Å². The Labute approximate surface area is 194 Å². The summed E-state index contributed by atoms with van der Waals surface area (Å²) in [5.41, 5.74) is 10.2. The molecule has 1 aliphatic rings. The highest BCUT2D eigenvalue weighted by molar-refractivity contribution is 6.30. The molecule has 0 saturated heterocycles.